The average molecular weight is 354 g/mol. The van der Waals surface area contributed by atoms with Crippen molar-refractivity contribution in [3.8, 4) is 17.6 Å². The number of halogens is 2. The Balaban J connectivity index is 2.37. The molecule has 0 aliphatic rings. The van der Waals surface area contributed by atoms with Crippen molar-refractivity contribution in [2.24, 2.45) is 0 Å². The predicted octanol–water partition coefficient (Wildman–Crippen LogP) is 4.27. The van der Waals surface area contributed by atoms with Crippen LogP contribution in [0.2, 0.25) is 0 Å². The number of pyridine rings is 1. The highest BCUT2D eigenvalue weighted by Crippen LogP contribution is 2.30. The van der Waals surface area contributed by atoms with Crippen molar-refractivity contribution in [2.75, 3.05) is 0 Å². The van der Waals surface area contributed by atoms with Gasteiger partial charge in [0.25, 0.3) is 0 Å². The van der Waals surface area contributed by atoms with Gasteiger partial charge in [-0.05, 0) is 50.1 Å². The Labute approximate surface area is 115 Å². The summed E-state index contributed by atoms with van der Waals surface area (Å²) in [6, 6.07) is 9.23. The number of hydrogen-bond donors (Lipinski definition) is 0. The van der Waals surface area contributed by atoms with Gasteiger partial charge in [-0.1, -0.05) is 6.07 Å². The van der Waals surface area contributed by atoms with Crippen LogP contribution in [0.5, 0.6) is 11.5 Å². The lowest BCUT2D eigenvalue weighted by molar-refractivity contribution is 0.478. The second-order valence-electron chi connectivity index (χ2n) is 3.17. The average Bonchev–Trinajstić information content (AvgIpc) is 2.29. The van der Waals surface area contributed by atoms with Crippen molar-refractivity contribution >= 4 is 31.9 Å². The Bertz CT molecular complexity index is 593. The van der Waals surface area contributed by atoms with Gasteiger partial charge < -0.3 is 4.74 Å². The fourth-order valence-electron chi connectivity index (χ4n) is 1.27. The first-order chi connectivity index (χ1) is 8.20. The number of ether oxygens (including phenoxy) is 1. The molecule has 3 nitrogen and oxygen atoms in total. The van der Waals surface area contributed by atoms with E-state index < -0.39 is 0 Å². The van der Waals surface area contributed by atoms with Crippen molar-refractivity contribution in [1.82, 2.24) is 4.98 Å². The maximum atomic E-state index is 9.05. The van der Waals surface area contributed by atoms with E-state index in [2.05, 4.69) is 42.9 Å². The second kappa shape index (κ2) is 5.30. The highest BCUT2D eigenvalue weighted by molar-refractivity contribution is 9.10. The van der Waals surface area contributed by atoms with E-state index in [9.17, 15) is 0 Å². The first-order valence-electron chi connectivity index (χ1n) is 4.67. The predicted molar refractivity (Wildman–Crippen MR) is 70.9 cm³/mol. The van der Waals surface area contributed by atoms with E-state index in [0.29, 0.717) is 21.5 Å². The third-order valence-electron chi connectivity index (χ3n) is 1.99. The number of benzene rings is 1. The molecule has 1 aromatic carbocycles. The highest BCUT2D eigenvalue weighted by atomic mass is 79.9. The zero-order chi connectivity index (χ0) is 12.3. The zero-order valence-corrected chi connectivity index (χ0v) is 11.7. The summed E-state index contributed by atoms with van der Waals surface area (Å²) < 4.78 is 7.15. The quantitative estimate of drug-likeness (QED) is 0.809. The molecular weight excluding hydrogens is 348 g/mol. The topological polar surface area (TPSA) is 45.9 Å². The first-order valence-corrected chi connectivity index (χ1v) is 6.26. The first kappa shape index (κ1) is 12.1. The van der Waals surface area contributed by atoms with Gasteiger partial charge in [-0.15, -0.1) is 0 Å². The number of aromatic nitrogens is 1. The molecule has 0 bridgehead atoms. The van der Waals surface area contributed by atoms with Crippen molar-refractivity contribution in [3.05, 3.63) is 51.2 Å². The van der Waals surface area contributed by atoms with E-state index in [1.807, 2.05) is 6.07 Å². The number of rotatable bonds is 2. The Morgan fingerprint density at radius 2 is 2.06 bits per heavy atom. The molecule has 5 heteroatoms. The second-order valence-corrected chi connectivity index (χ2v) is 4.94. The van der Waals surface area contributed by atoms with Crippen LogP contribution in [-0.2, 0) is 0 Å². The van der Waals surface area contributed by atoms with Crippen LogP contribution < -0.4 is 4.74 Å². The molecule has 0 spiro atoms. The van der Waals surface area contributed by atoms with Gasteiger partial charge in [-0.25, -0.2) is 0 Å². The molecule has 0 N–H and O–H groups in total. The minimum atomic E-state index is 0.465. The highest BCUT2D eigenvalue weighted by Gasteiger charge is 2.08. The molecule has 0 atom stereocenters. The Morgan fingerprint density at radius 3 is 2.76 bits per heavy atom. The zero-order valence-electron chi connectivity index (χ0n) is 8.52. The van der Waals surface area contributed by atoms with Crippen LogP contribution in [0.4, 0.5) is 0 Å². The molecular formula is C12H6Br2N2O. The number of nitrogens with zero attached hydrogens (tertiary/aromatic N) is 2. The van der Waals surface area contributed by atoms with Crippen LogP contribution in [0, 0.1) is 11.3 Å². The normalized spacial score (nSPS) is 9.71. The molecule has 0 saturated heterocycles. The minimum absolute atomic E-state index is 0.465. The molecule has 0 unspecified atom stereocenters. The number of hydrogen-bond acceptors (Lipinski definition) is 3. The standard InChI is InChI=1S/C12H6Br2N2O/c13-8-4-9(7-16-6-8)17-12-3-1-2-11(14)10(12)5-15/h1-4,6-7H. The van der Waals surface area contributed by atoms with Crippen LogP contribution >= 0.6 is 31.9 Å². The van der Waals surface area contributed by atoms with E-state index in [1.165, 1.54) is 0 Å². The summed E-state index contributed by atoms with van der Waals surface area (Å²) in [5.41, 5.74) is 0.465. The molecule has 0 aliphatic carbocycles. The Morgan fingerprint density at radius 1 is 1.24 bits per heavy atom. The smallest absolute Gasteiger partial charge is 0.146 e. The summed E-state index contributed by atoms with van der Waals surface area (Å²) in [6.07, 6.45) is 3.26. The summed E-state index contributed by atoms with van der Waals surface area (Å²) in [4.78, 5) is 3.99. The number of nitriles is 1. The SMILES string of the molecule is N#Cc1c(Br)cccc1Oc1cncc(Br)c1. The van der Waals surface area contributed by atoms with Crippen molar-refractivity contribution in [2.45, 2.75) is 0 Å². The van der Waals surface area contributed by atoms with Gasteiger partial charge in [0.2, 0.25) is 0 Å². The summed E-state index contributed by atoms with van der Waals surface area (Å²) in [5.74, 6) is 1.08. The van der Waals surface area contributed by atoms with Crippen LogP contribution in [0.15, 0.2) is 45.6 Å². The molecule has 17 heavy (non-hydrogen) atoms. The van der Waals surface area contributed by atoms with E-state index in [4.69, 9.17) is 10.00 Å². The van der Waals surface area contributed by atoms with Crippen LogP contribution in [0.1, 0.15) is 5.56 Å². The Hall–Kier alpha value is -1.38. The molecule has 2 aromatic rings. The summed E-state index contributed by atoms with van der Waals surface area (Å²) in [5, 5.41) is 9.05. The van der Waals surface area contributed by atoms with E-state index in [-0.39, 0.29) is 0 Å². The third-order valence-corrected chi connectivity index (χ3v) is 3.09. The summed E-state index contributed by atoms with van der Waals surface area (Å²) in [6.45, 7) is 0. The molecule has 1 heterocycles. The van der Waals surface area contributed by atoms with E-state index in [0.717, 1.165) is 4.47 Å². The van der Waals surface area contributed by atoms with Gasteiger partial charge in [-0.3, -0.25) is 4.98 Å². The molecule has 84 valence electrons. The van der Waals surface area contributed by atoms with Crippen molar-refractivity contribution in [1.29, 1.82) is 5.26 Å². The molecule has 0 fully saturated rings. The maximum Gasteiger partial charge on any atom is 0.146 e. The van der Waals surface area contributed by atoms with Crippen molar-refractivity contribution < 1.29 is 4.74 Å². The maximum absolute atomic E-state index is 9.05. The van der Waals surface area contributed by atoms with Gasteiger partial charge in [0.05, 0.1) is 6.20 Å². The van der Waals surface area contributed by atoms with Crippen molar-refractivity contribution in [3.63, 3.8) is 0 Å². The molecule has 0 saturated carbocycles. The van der Waals surface area contributed by atoms with Gasteiger partial charge in [0.15, 0.2) is 0 Å². The lowest BCUT2D eigenvalue weighted by Gasteiger charge is -2.07. The monoisotopic (exact) mass is 352 g/mol. The van der Waals surface area contributed by atoms with Gasteiger partial charge in [0, 0.05) is 15.1 Å². The molecule has 1 aromatic heterocycles. The molecule has 0 radical (unpaired) electrons. The van der Waals surface area contributed by atoms with Crippen LogP contribution in [0.3, 0.4) is 0 Å². The van der Waals surface area contributed by atoms with E-state index >= 15 is 0 Å². The Kier molecular flexibility index (Phi) is 3.77. The van der Waals surface area contributed by atoms with Crippen LogP contribution in [0.25, 0.3) is 0 Å². The van der Waals surface area contributed by atoms with E-state index in [1.54, 1.807) is 30.6 Å². The fourth-order valence-corrected chi connectivity index (χ4v) is 2.05. The molecule has 0 aliphatic heterocycles. The summed E-state index contributed by atoms with van der Waals surface area (Å²) in [7, 11) is 0. The summed E-state index contributed by atoms with van der Waals surface area (Å²) >= 11 is 6.62. The minimum Gasteiger partial charge on any atom is -0.454 e. The lowest BCUT2D eigenvalue weighted by atomic mass is 10.2. The van der Waals surface area contributed by atoms with Gasteiger partial charge >= 0.3 is 0 Å². The van der Waals surface area contributed by atoms with Gasteiger partial charge in [-0.2, -0.15) is 5.26 Å². The lowest BCUT2D eigenvalue weighted by Crippen LogP contribution is -1.89. The van der Waals surface area contributed by atoms with Crippen LogP contribution in [-0.4, -0.2) is 4.98 Å². The molecule has 2 rings (SSSR count). The fraction of sp³-hybridized carbons (Fsp3) is 0. The molecule has 0 amide bonds. The van der Waals surface area contributed by atoms with Gasteiger partial charge in [0.1, 0.15) is 23.1 Å². The third kappa shape index (κ3) is 2.84. The largest absolute Gasteiger partial charge is 0.454 e.